The van der Waals surface area contributed by atoms with Gasteiger partial charge >= 0.3 is 6.03 Å². The summed E-state index contributed by atoms with van der Waals surface area (Å²) >= 11 is 0. The number of aryl methyl sites for hydroxylation is 1. The van der Waals surface area contributed by atoms with Gasteiger partial charge in [0, 0.05) is 24.0 Å². The van der Waals surface area contributed by atoms with Crippen LogP contribution in [-0.2, 0) is 6.42 Å². The molecule has 0 saturated carbocycles. The van der Waals surface area contributed by atoms with Crippen LogP contribution in [-0.4, -0.2) is 31.2 Å². The molecule has 6 nitrogen and oxygen atoms in total. The molecule has 0 atom stereocenters. The van der Waals surface area contributed by atoms with Crippen LogP contribution in [0.25, 0.3) is 10.9 Å². The van der Waals surface area contributed by atoms with E-state index in [1.165, 1.54) is 0 Å². The van der Waals surface area contributed by atoms with Gasteiger partial charge in [-0.05, 0) is 37.5 Å². The van der Waals surface area contributed by atoms with E-state index < -0.39 is 0 Å². The summed E-state index contributed by atoms with van der Waals surface area (Å²) in [5.41, 5.74) is 2.25. The van der Waals surface area contributed by atoms with Crippen molar-refractivity contribution in [3.8, 4) is 5.75 Å². The highest BCUT2D eigenvalue weighted by Gasteiger charge is 2.09. The number of ether oxygens (including phenoxy) is 1. The Balaban J connectivity index is 2.16. The van der Waals surface area contributed by atoms with Crippen molar-refractivity contribution in [1.82, 2.24) is 15.6 Å². The highest BCUT2D eigenvalue weighted by molar-refractivity contribution is 5.87. The van der Waals surface area contributed by atoms with Crippen LogP contribution in [0, 0.1) is 6.92 Å². The van der Waals surface area contributed by atoms with Gasteiger partial charge in [-0.2, -0.15) is 0 Å². The molecule has 124 valence electrons. The molecule has 3 N–H and O–H groups in total. The Labute approximate surface area is 135 Å². The van der Waals surface area contributed by atoms with E-state index in [9.17, 15) is 9.59 Å². The number of carbonyl (C=O) groups excluding carboxylic acids is 1. The summed E-state index contributed by atoms with van der Waals surface area (Å²) in [4.78, 5) is 26.6. The fraction of sp³-hybridized carbons (Fsp3) is 0.412. The molecule has 0 radical (unpaired) electrons. The van der Waals surface area contributed by atoms with E-state index in [0.29, 0.717) is 36.3 Å². The standard InChI is InChI=1S/C17H23N3O3/c1-4-8-18-17(22)19-9-7-12-10-13-11(2)5-6-14(23-3)15(13)20-16(12)21/h5-6,10H,4,7-9H2,1-3H3,(H,20,21)(H2,18,19,22). The van der Waals surface area contributed by atoms with Crippen LogP contribution in [0.5, 0.6) is 5.75 Å². The second kappa shape index (κ2) is 7.67. The Bertz CT molecular complexity index is 753. The van der Waals surface area contributed by atoms with Crippen molar-refractivity contribution in [2.45, 2.75) is 26.7 Å². The van der Waals surface area contributed by atoms with Crippen LogP contribution < -0.4 is 20.9 Å². The smallest absolute Gasteiger partial charge is 0.314 e. The van der Waals surface area contributed by atoms with Gasteiger partial charge in [0.1, 0.15) is 5.75 Å². The number of rotatable bonds is 6. The van der Waals surface area contributed by atoms with Crippen LogP contribution in [0.2, 0.25) is 0 Å². The number of pyridine rings is 1. The van der Waals surface area contributed by atoms with Crippen molar-refractivity contribution in [2.24, 2.45) is 0 Å². The monoisotopic (exact) mass is 317 g/mol. The molecule has 2 amide bonds. The highest BCUT2D eigenvalue weighted by atomic mass is 16.5. The summed E-state index contributed by atoms with van der Waals surface area (Å²) in [5, 5.41) is 6.44. The number of aromatic nitrogens is 1. The van der Waals surface area contributed by atoms with Crippen molar-refractivity contribution >= 4 is 16.9 Å². The molecule has 1 aromatic carbocycles. The minimum atomic E-state index is -0.207. The first-order valence-corrected chi connectivity index (χ1v) is 7.78. The van der Waals surface area contributed by atoms with Crippen molar-refractivity contribution in [2.75, 3.05) is 20.2 Å². The Morgan fingerprint density at radius 2 is 2.00 bits per heavy atom. The zero-order valence-corrected chi connectivity index (χ0v) is 13.8. The molecular weight excluding hydrogens is 294 g/mol. The summed E-state index contributed by atoms with van der Waals surface area (Å²) in [5.74, 6) is 0.645. The molecule has 0 saturated heterocycles. The van der Waals surface area contributed by atoms with E-state index in [0.717, 1.165) is 17.4 Å². The zero-order chi connectivity index (χ0) is 16.8. The van der Waals surface area contributed by atoms with E-state index in [-0.39, 0.29) is 11.6 Å². The number of methoxy groups -OCH3 is 1. The first-order valence-electron chi connectivity index (χ1n) is 7.78. The van der Waals surface area contributed by atoms with Gasteiger partial charge in [-0.25, -0.2) is 4.79 Å². The molecule has 0 spiro atoms. The number of hydrogen-bond donors (Lipinski definition) is 3. The first-order chi connectivity index (χ1) is 11.1. The number of benzene rings is 1. The van der Waals surface area contributed by atoms with Gasteiger partial charge in [-0.1, -0.05) is 13.0 Å². The van der Waals surface area contributed by atoms with E-state index in [4.69, 9.17) is 4.74 Å². The second-order valence-electron chi connectivity index (χ2n) is 5.43. The number of H-pyrrole nitrogens is 1. The largest absolute Gasteiger partial charge is 0.495 e. The lowest BCUT2D eigenvalue weighted by Gasteiger charge is -2.10. The van der Waals surface area contributed by atoms with Crippen LogP contribution >= 0.6 is 0 Å². The SMILES string of the molecule is CCCNC(=O)NCCc1cc2c(C)ccc(OC)c2[nH]c1=O. The predicted molar refractivity (Wildman–Crippen MR) is 91.3 cm³/mol. The average Bonchev–Trinajstić information content (AvgIpc) is 2.54. The normalized spacial score (nSPS) is 10.6. The van der Waals surface area contributed by atoms with Crippen LogP contribution in [0.4, 0.5) is 4.79 Å². The predicted octanol–water partition coefficient (Wildman–Crippen LogP) is 2.10. The van der Waals surface area contributed by atoms with Crippen LogP contribution in [0.3, 0.4) is 0 Å². The molecule has 0 unspecified atom stereocenters. The van der Waals surface area contributed by atoms with Crippen molar-refractivity contribution < 1.29 is 9.53 Å². The fourth-order valence-electron chi connectivity index (χ4n) is 2.42. The zero-order valence-electron chi connectivity index (χ0n) is 13.8. The number of hydrogen-bond acceptors (Lipinski definition) is 3. The molecule has 0 bridgehead atoms. The Hall–Kier alpha value is -2.50. The molecule has 0 aliphatic rings. The minimum Gasteiger partial charge on any atom is -0.495 e. The Morgan fingerprint density at radius 3 is 2.70 bits per heavy atom. The molecule has 1 aromatic heterocycles. The first kappa shape index (κ1) is 16.9. The topological polar surface area (TPSA) is 83.2 Å². The van der Waals surface area contributed by atoms with E-state index in [1.54, 1.807) is 7.11 Å². The third-order valence-electron chi connectivity index (χ3n) is 3.71. The van der Waals surface area contributed by atoms with Crippen molar-refractivity contribution in [3.05, 3.63) is 39.7 Å². The van der Waals surface area contributed by atoms with Crippen molar-refractivity contribution in [3.63, 3.8) is 0 Å². The van der Waals surface area contributed by atoms with Crippen LogP contribution in [0.1, 0.15) is 24.5 Å². The average molecular weight is 317 g/mol. The summed E-state index contributed by atoms with van der Waals surface area (Å²) < 4.78 is 5.29. The molecule has 1 heterocycles. The van der Waals surface area contributed by atoms with E-state index >= 15 is 0 Å². The van der Waals surface area contributed by atoms with Gasteiger partial charge in [0.05, 0.1) is 12.6 Å². The maximum absolute atomic E-state index is 12.2. The van der Waals surface area contributed by atoms with Gasteiger partial charge in [-0.3, -0.25) is 4.79 Å². The number of urea groups is 1. The molecule has 0 fully saturated rings. The van der Waals surface area contributed by atoms with E-state index in [1.807, 2.05) is 32.0 Å². The lowest BCUT2D eigenvalue weighted by Crippen LogP contribution is -2.37. The van der Waals surface area contributed by atoms with Crippen LogP contribution in [0.15, 0.2) is 23.0 Å². The van der Waals surface area contributed by atoms with Gasteiger partial charge in [-0.15, -0.1) is 0 Å². The number of aromatic amines is 1. The maximum atomic E-state index is 12.2. The summed E-state index contributed by atoms with van der Waals surface area (Å²) in [7, 11) is 1.58. The molecule has 23 heavy (non-hydrogen) atoms. The number of amides is 2. The number of fused-ring (bicyclic) bond motifs is 1. The third-order valence-corrected chi connectivity index (χ3v) is 3.71. The Morgan fingerprint density at radius 1 is 1.26 bits per heavy atom. The van der Waals surface area contributed by atoms with Gasteiger partial charge in [0.2, 0.25) is 0 Å². The third kappa shape index (κ3) is 4.03. The Kier molecular flexibility index (Phi) is 5.62. The summed E-state index contributed by atoms with van der Waals surface area (Å²) in [6.07, 6.45) is 1.36. The maximum Gasteiger partial charge on any atom is 0.314 e. The molecule has 2 rings (SSSR count). The summed E-state index contributed by atoms with van der Waals surface area (Å²) in [6.45, 7) is 5.03. The molecular formula is C17H23N3O3. The van der Waals surface area contributed by atoms with Gasteiger partial charge in [0.25, 0.3) is 5.56 Å². The minimum absolute atomic E-state index is 0.155. The summed E-state index contributed by atoms with van der Waals surface area (Å²) in [6, 6.07) is 5.46. The van der Waals surface area contributed by atoms with E-state index in [2.05, 4.69) is 15.6 Å². The second-order valence-corrected chi connectivity index (χ2v) is 5.43. The lowest BCUT2D eigenvalue weighted by molar-refractivity contribution is 0.241. The lowest BCUT2D eigenvalue weighted by atomic mass is 10.1. The highest BCUT2D eigenvalue weighted by Crippen LogP contribution is 2.25. The van der Waals surface area contributed by atoms with Crippen molar-refractivity contribution in [1.29, 1.82) is 0 Å². The molecule has 2 aromatic rings. The fourth-order valence-corrected chi connectivity index (χ4v) is 2.42. The number of carbonyl (C=O) groups is 1. The molecule has 6 heteroatoms. The molecule has 0 aliphatic heterocycles. The molecule has 0 aliphatic carbocycles. The quantitative estimate of drug-likeness (QED) is 0.763. The van der Waals surface area contributed by atoms with Gasteiger partial charge in [0.15, 0.2) is 0 Å². The number of nitrogens with one attached hydrogen (secondary N) is 3. The van der Waals surface area contributed by atoms with Gasteiger partial charge < -0.3 is 20.4 Å².